The van der Waals surface area contributed by atoms with Crippen LogP contribution in [-0.2, 0) is 0 Å². The van der Waals surface area contributed by atoms with E-state index in [0.717, 1.165) is 25.1 Å². The van der Waals surface area contributed by atoms with Crippen molar-refractivity contribution in [3.05, 3.63) is 35.9 Å². The number of para-hydroxylation sites is 1. The van der Waals surface area contributed by atoms with Crippen LogP contribution in [0.3, 0.4) is 0 Å². The number of phenols is 1. The molecule has 2 N–H and O–H groups in total. The van der Waals surface area contributed by atoms with Crippen LogP contribution < -0.4 is 5.32 Å². The highest BCUT2D eigenvalue weighted by molar-refractivity contribution is 5.85. The van der Waals surface area contributed by atoms with E-state index in [1.165, 1.54) is 5.57 Å². The van der Waals surface area contributed by atoms with E-state index >= 15 is 0 Å². The minimum atomic E-state index is 0. The molecule has 0 saturated heterocycles. The second kappa shape index (κ2) is 5.03. The van der Waals surface area contributed by atoms with Crippen molar-refractivity contribution >= 4 is 18.0 Å². The van der Waals surface area contributed by atoms with Crippen molar-refractivity contribution in [1.29, 1.82) is 0 Å². The Labute approximate surface area is 90.1 Å². The molecule has 0 aliphatic carbocycles. The van der Waals surface area contributed by atoms with Crippen molar-refractivity contribution in [2.45, 2.75) is 6.42 Å². The zero-order valence-corrected chi connectivity index (χ0v) is 8.68. The molecule has 1 aliphatic rings. The quantitative estimate of drug-likeness (QED) is 0.747. The minimum absolute atomic E-state index is 0. The number of phenolic OH excluding ortho intramolecular Hbond substituents is 1. The third-order valence-electron chi connectivity index (χ3n) is 2.31. The van der Waals surface area contributed by atoms with Crippen molar-refractivity contribution in [1.82, 2.24) is 5.32 Å². The van der Waals surface area contributed by atoms with Crippen molar-refractivity contribution in [3.8, 4) is 5.75 Å². The Morgan fingerprint density at radius 1 is 1.21 bits per heavy atom. The van der Waals surface area contributed by atoms with E-state index in [1.54, 1.807) is 6.07 Å². The van der Waals surface area contributed by atoms with Gasteiger partial charge < -0.3 is 10.4 Å². The summed E-state index contributed by atoms with van der Waals surface area (Å²) in [4.78, 5) is 0. The number of aromatic hydroxyl groups is 1. The summed E-state index contributed by atoms with van der Waals surface area (Å²) >= 11 is 0. The first-order valence-corrected chi connectivity index (χ1v) is 4.56. The summed E-state index contributed by atoms with van der Waals surface area (Å²) in [5.41, 5.74) is 2.22. The molecule has 2 rings (SSSR count). The summed E-state index contributed by atoms with van der Waals surface area (Å²) in [5.74, 6) is 0.385. The maximum absolute atomic E-state index is 9.60. The fraction of sp³-hybridized carbons (Fsp3) is 0.273. The number of rotatable bonds is 1. The van der Waals surface area contributed by atoms with Gasteiger partial charge in [-0.05, 0) is 24.6 Å². The lowest BCUT2D eigenvalue weighted by molar-refractivity contribution is 0.473. The first kappa shape index (κ1) is 11.1. The fourth-order valence-electron chi connectivity index (χ4n) is 1.61. The monoisotopic (exact) mass is 211 g/mol. The summed E-state index contributed by atoms with van der Waals surface area (Å²) < 4.78 is 0. The molecule has 14 heavy (non-hydrogen) atoms. The summed E-state index contributed by atoms with van der Waals surface area (Å²) in [5, 5.41) is 12.8. The molecule has 3 heteroatoms. The van der Waals surface area contributed by atoms with Crippen LogP contribution in [0.2, 0.25) is 0 Å². The van der Waals surface area contributed by atoms with E-state index in [9.17, 15) is 5.11 Å². The maximum Gasteiger partial charge on any atom is 0.123 e. The predicted octanol–water partition coefficient (Wildman–Crippen LogP) is 2.19. The first-order valence-electron chi connectivity index (χ1n) is 4.56. The third-order valence-corrected chi connectivity index (χ3v) is 2.31. The molecular formula is C11H14ClNO. The topological polar surface area (TPSA) is 32.3 Å². The highest BCUT2D eigenvalue weighted by Gasteiger charge is 2.08. The summed E-state index contributed by atoms with van der Waals surface area (Å²) in [6.07, 6.45) is 3.14. The number of hydrogen-bond acceptors (Lipinski definition) is 2. The van der Waals surface area contributed by atoms with Gasteiger partial charge in [-0.3, -0.25) is 0 Å². The molecule has 0 saturated carbocycles. The van der Waals surface area contributed by atoms with Gasteiger partial charge in [-0.2, -0.15) is 0 Å². The van der Waals surface area contributed by atoms with Crippen LogP contribution in [0, 0.1) is 0 Å². The molecule has 1 heterocycles. The fourth-order valence-corrected chi connectivity index (χ4v) is 1.61. The van der Waals surface area contributed by atoms with E-state index in [4.69, 9.17) is 0 Å². The molecule has 0 aromatic heterocycles. The molecule has 2 nitrogen and oxygen atoms in total. The number of nitrogens with one attached hydrogen (secondary N) is 1. The molecule has 0 atom stereocenters. The maximum atomic E-state index is 9.60. The molecule has 0 amide bonds. The van der Waals surface area contributed by atoms with Crippen LogP contribution >= 0.6 is 12.4 Å². The van der Waals surface area contributed by atoms with Gasteiger partial charge in [0.15, 0.2) is 0 Å². The molecule has 0 spiro atoms. The highest BCUT2D eigenvalue weighted by atomic mass is 35.5. The third kappa shape index (κ3) is 2.28. The average molecular weight is 212 g/mol. The van der Waals surface area contributed by atoms with E-state index < -0.39 is 0 Å². The zero-order valence-electron chi connectivity index (χ0n) is 7.86. The lowest BCUT2D eigenvalue weighted by Gasteiger charge is -2.14. The number of halogens is 1. The van der Waals surface area contributed by atoms with E-state index in [2.05, 4.69) is 11.4 Å². The van der Waals surface area contributed by atoms with Gasteiger partial charge in [0, 0.05) is 12.1 Å². The van der Waals surface area contributed by atoms with Crippen molar-refractivity contribution in [2.75, 3.05) is 13.1 Å². The molecule has 1 aliphatic heterocycles. The van der Waals surface area contributed by atoms with Crippen molar-refractivity contribution in [2.24, 2.45) is 0 Å². The Hall–Kier alpha value is -0.990. The number of hydrogen-bond donors (Lipinski definition) is 2. The van der Waals surface area contributed by atoms with E-state index in [1.807, 2.05) is 18.2 Å². The standard InChI is InChI=1S/C11H13NO.ClH/c13-11-4-2-1-3-10(11)9-5-7-12-8-6-9;/h1-5,12-13H,6-8H2;1H. The number of benzene rings is 1. The van der Waals surface area contributed by atoms with Crippen molar-refractivity contribution in [3.63, 3.8) is 0 Å². The van der Waals surface area contributed by atoms with Crippen LogP contribution in [-0.4, -0.2) is 18.2 Å². The van der Waals surface area contributed by atoms with Crippen LogP contribution in [0.25, 0.3) is 5.57 Å². The molecule has 0 fully saturated rings. The zero-order chi connectivity index (χ0) is 9.10. The predicted molar refractivity (Wildman–Crippen MR) is 60.8 cm³/mol. The molecule has 0 radical (unpaired) electrons. The first-order chi connectivity index (χ1) is 6.38. The van der Waals surface area contributed by atoms with Gasteiger partial charge in [0.25, 0.3) is 0 Å². The largest absolute Gasteiger partial charge is 0.507 e. The summed E-state index contributed by atoms with van der Waals surface area (Å²) in [6, 6.07) is 7.50. The average Bonchev–Trinajstić information content (AvgIpc) is 2.20. The molecule has 1 aromatic rings. The van der Waals surface area contributed by atoms with E-state index in [0.29, 0.717) is 5.75 Å². The highest BCUT2D eigenvalue weighted by Crippen LogP contribution is 2.27. The van der Waals surface area contributed by atoms with Gasteiger partial charge in [-0.1, -0.05) is 24.3 Å². The van der Waals surface area contributed by atoms with Crippen LogP contribution in [0.15, 0.2) is 30.3 Å². The van der Waals surface area contributed by atoms with Crippen LogP contribution in [0.1, 0.15) is 12.0 Å². The van der Waals surface area contributed by atoms with Crippen LogP contribution in [0.5, 0.6) is 5.75 Å². The lowest BCUT2D eigenvalue weighted by atomic mass is 9.99. The smallest absolute Gasteiger partial charge is 0.123 e. The Bertz CT molecular complexity index is 336. The Morgan fingerprint density at radius 3 is 2.64 bits per heavy atom. The van der Waals surface area contributed by atoms with E-state index in [-0.39, 0.29) is 12.4 Å². The molecule has 76 valence electrons. The molecule has 1 aromatic carbocycles. The Morgan fingerprint density at radius 2 is 2.00 bits per heavy atom. The molecule has 0 unspecified atom stereocenters. The molecule has 0 bridgehead atoms. The van der Waals surface area contributed by atoms with Crippen molar-refractivity contribution < 1.29 is 5.11 Å². The van der Waals surface area contributed by atoms with Gasteiger partial charge in [-0.25, -0.2) is 0 Å². The van der Waals surface area contributed by atoms with Crippen LogP contribution in [0.4, 0.5) is 0 Å². The van der Waals surface area contributed by atoms with Gasteiger partial charge >= 0.3 is 0 Å². The van der Waals surface area contributed by atoms with Gasteiger partial charge in [-0.15, -0.1) is 12.4 Å². The molecular weight excluding hydrogens is 198 g/mol. The Kier molecular flexibility index (Phi) is 3.98. The lowest BCUT2D eigenvalue weighted by Crippen LogP contribution is -2.19. The summed E-state index contributed by atoms with van der Waals surface area (Å²) in [7, 11) is 0. The normalized spacial score (nSPS) is 15.6. The van der Waals surface area contributed by atoms with Gasteiger partial charge in [0.1, 0.15) is 5.75 Å². The summed E-state index contributed by atoms with van der Waals surface area (Å²) in [6.45, 7) is 1.91. The minimum Gasteiger partial charge on any atom is -0.507 e. The second-order valence-electron chi connectivity index (χ2n) is 3.20. The second-order valence-corrected chi connectivity index (χ2v) is 3.20. The van der Waals surface area contributed by atoms with Gasteiger partial charge in [0.05, 0.1) is 0 Å². The van der Waals surface area contributed by atoms with Gasteiger partial charge in [0.2, 0.25) is 0 Å². The Balaban J connectivity index is 0.000000980. The SMILES string of the molecule is Cl.Oc1ccccc1C1=CCNCC1.